The molecule has 0 aliphatic carbocycles. The fraction of sp³-hybridized carbons (Fsp3) is 0.788. The van der Waals surface area contributed by atoms with Crippen LogP contribution in [0.3, 0.4) is 0 Å². The molecule has 0 saturated carbocycles. The molecule has 6 rings (SSSR count). The molecule has 1 unspecified atom stereocenters. The molecular weight excluding hydrogens is 915 g/mol. The predicted octanol–water partition coefficient (Wildman–Crippen LogP) is 3.98. The highest BCUT2D eigenvalue weighted by Crippen LogP contribution is 2.45. The number of methoxy groups -OCH3 is 1. The van der Waals surface area contributed by atoms with Crippen LogP contribution >= 0.6 is 0 Å². The van der Waals surface area contributed by atoms with Crippen LogP contribution in [-0.2, 0) is 47.9 Å². The topological polar surface area (TPSA) is 240 Å². The van der Waals surface area contributed by atoms with Crippen LogP contribution in [0.15, 0.2) is 35.0 Å². The molecule has 19 heteroatoms. The van der Waals surface area contributed by atoms with Crippen molar-refractivity contribution in [3.05, 3.63) is 47.6 Å². The summed E-state index contributed by atoms with van der Waals surface area (Å²) in [4.78, 5) is 22.9. The van der Waals surface area contributed by atoms with Crippen molar-refractivity contribution < 1.29 is 58.5 Å². The molecule has 3 fully saturated rings. The van der Waals surface area contributed by atoms with Gasteiger partial charge in [-0.3, -0.25) is 9.48 Å². The Morgan fingerprint density at radius 3 is 2.28 bits per heavy atom. The zero-order chi connectivity index (χ0) is 52.3. The fourth-order valence-electron chi connectivity index (χ4n) is 11.7. The summed E-state index contributed by atoms with van der Waals surface area (Å²) in [5.74, 6) is -2.04. The lowest BCUT2D eigenvalue weighted by Crippen LogP contribution is -2.62. The van der Waals surface area contributed by atoms with Gasteiger partial charge in [-0.2, -0.15) is 4.98 Å². The van der Waals surface area contributed by atoms with Crippen molar-refractivity contribution in [1.82, 2.24) is 34.9 Å². The van der Waals surface area contributed by atoms with Crippen LogP contribution in [0.4, 0.5) is 0 Å². The summed E-state index contributed by atoms with van der Waals surface area (Å²) in [6, 6.07) is 7.09. The number of hydrogen-bond acceptors (Lipinski definition) is 18. The molecule has 3 aliphatic heterocycles. The standard InChI is InChI=1S/C52H85N7O12/c1-15-41-52(11,65)44(61)33(6)58(13)27-29(2)25-50(9,64)46(31(4)42(32(5)48(63)69-41)40-26-51(10,66-14)45(62)34(7)68-40)70-49-43(60)39(24-30(3)67-49)57(12)22-21-38-28-59(56-54-38)23-20-36-16-18-37(19-17-36)47-53-35(8)71-55-47/h16-19,28-34,39-46,49,60-62,64-65H,15,20-27H2,1-14H3/t29-,30-,31+,32-,33-,34+,39+,40?,41-,42+,43-,44-,45+,46-,49+,50-,51-,52-/m1/s1. The monoisotopic (exact) mass is 1000 g/mol. The first kappa shape index (κ1) is 56.8. The SMILES string of the molecule is CC[C@H]1OC(=O)[C@H](C)[C@@H](C2C[C@@](C)(OC)[C@@H](O)[C@H](C)O2)[C@H](C)[C@@H](O[C@@H]2O[C@H](C)C[C@H](N(C)CCc3cn(CCc4ccc(-c5noc(C)n5)cc4)nn3)[C@H]2O)[C@](C)(O)C[C@@H](C)CN(C)[C@H](C)[C@@H](O)[C@]1(C)O. The summed E-state index contributed by atoms with van der Waals surface area (Å²) in [6.45, 7) is 21.4. The Balaban J connectivity index is 1.24. The molecule has 3 aliphatic rings. The maximum absolute atomic E-state index is 14.6. The maximum atomic E-state index is 14.6. The van der Waals surface area contributed by atoms with Crippen LogP contribution in [0.5, 0.6) is 0 Å². The second-order valence-corrected chi connectivity index (χ2v) is 22.1. The van der Waals surface area contributed by atoms with Crippen LogP contribution < -0.4 is 0 Å². The third-order valence-corrected chi connectivity index (χ3v) is 16.1. The van der Waals surface area contributed by atoms with Crippen LogP contribution in [-0.4, -0.2) is 185 Å². The molecule has 1 aromatic carbocycles. The highest BCUT2D eigenvalue weighted by atomic mass is 16.7. The number of hydrogen-bond donors (Lipinski definition) is 5. The summed E-state index contributed by atoms with van der Waals surface area (Å²) >= 11 is 0. The molecule has 400 valence electrons. The van der Waals surface area contributed by atoms with Crippen molar-refractivity contribution in [3.63, 3.8) is 0 Å². The van der Waals surface area contributed by atoms with E-state index in [2.05, 4.69) is 25.4 Å². The number of aliphatic hydroxyl groups excluding tert-OH is 3. The van der Waals surface area contributed by atoms with E-state index in [9.17, 15) is 30.3 Å². The van der Waals surface area contributed by atoms with E-state index in [0.29, 0.717) is 44.2 Å². The van der Waals surface area contributed by atoms with Gasteiger partial charge < -0.3 is 63.5 Å². The number of nitrogens with zero attached hydrogens (tertiary/aromatic N) is 7. The predicted molar refractivity (Wildman–Crippen MR) is 264 cm³/mol. The molecule has 2 aromatic heterocycles. The van der Waals surface area contributed by atoms with Gasteiger partial charge in [0.25, 0.3) is 0 Å². The van der Waals surface area contributed by atoms with Crippen molar-refractivity contribution in [2.45, 2.75) is 205 Å². The van der Waals surface area contributed by atoms with Gasteiger partial charge in [0.1, 0.15) is 30.0 Å². The summed E-state index contributed by atoms with van der Waals surface area (Å²) in [5, 5.41) is 72.9. The lowest BCUT2D eigenvalue weighted by atomic mass is 9.68. The molecule has 3 saturated heterocycles. The normalized spacial score (nSPS) is 39.5. The number of cyclic esters (lactones) is 1. The molecule has 0 amide bonds. The molecule has 18 atom stereocenters. The van der Waals surface area contributed by atoms with E-state index < -0.39 is 102 Å². The van der Waals surface area contributed by atoms with Crippen molar-refractivity contribution in [2.24, 2.45) is 23.7 Å². The molecule has 0 radical (unpaired) electrons. The Bertz CT molecular complexity index is 2160. The van der Waals surface area contributed by atoms with Crippen LogP contribution in [0.2, 0.25) is 0 Å². The second kappa shape index (κ2) is 23.4. The van der Waals surface area contributed by atoms with E-state index in [1.54, 1.807) is 34.6 Å². The van der Waals surface area contributed by atoms with Gasteiger partial charge in [0, 0.05) is 76.3 Å². The first-order valence-electron chi connectivity index (χ1n) is 25.7. The Hall–Kier alpha value is -3.47. The zero-order valence-corrected chi connectivity index (χ0v) is 44.6. The summed E-state index contributed by atoms with van der Waals surface area (Å²) in [6.07, 6.45) is -3.99. The molecule has 0 bridgehead atoms. The molecule has 0 spiro atoms. The summed E-state index contributed by atoms with van der Waals surface area (Å²) in [7, 11) is 5.35. The lowest BCUT2D eigenvalue weighted by Gasteiger charge is -2.51. The van der Waals surface area contributed by atoms with E-state index >= 15 is 0 Å². The first-order valence-corrected chi connectivity index (χ1v) is 25.7. The van der Waals surface area contributed by atoms with Crippen molar-refractivity contribution in [1.29, 1.82) is 0 Å². The summed E-state index contributed by atoms with van der Waals surface area (Å²) < 4.78 is 39.2. The van der Waals surface area contributed by atoms with Gasteiger partial charge in [-0.15, -0.1) is 5.10 Å². The molecule has 71 heavy (non-hydrogen) atoms. The first-order chi connectivity index (χ1) is 33.3. The number of carbonyl (C=O) groups excluding carboxylic acids is 1. The van der Waals surface area contributed by atoms with Gasteiger partial charge in [-0.1, -0.05) is 62.3 Å². The van der Waals surface area contributed by atoms with E-state index in [4.69, 9.17) is 28.2 Å². The van der Waals surface area contributed by atoms with E-state index in [1.165, 1.54) is 14.0 Å². The Kier molecular flexibility index (Phi) is 18.7. The third kappa shape index (κ3) is 13.1. The van der Waals surface area contributed by atoms with Gasteiger partial charge in [-0.05, 0) is 98.7 Å². The molecule has 5 heterocycles. The highest BCUT2D eigenvalue weighted by molar-refractivity contribution is 5.73. The number of rotatable bonds is 13. The maximum Gasteiger partial charge on any atom is 0.309 e. The van der Waals surface area contributed by atoms with Crippen molar-refractivity contribution in [3.8, 4) is 11.4 Å². The second-order valence-electron chi connectivity index (χ2n) is 22.1. The number of benzene rings is 1. The van der Waals surface area contributed by atoms with Gasteiger partial charge in [0.05, 0.1) is 47.2 Å². The Morgan fingerprint density at radius 2 is 1.65 bits per heavy atom. The number of ether oxygens (including phenoxy) is 5. The van der Waals surface area contributed by atoms with E-state index in [-0.39, 0.29) is 31.3 Å². The number of likely N-dealkylation sites (N-methyl/N-ethyl adjacent to an activating group) is 2. The van der Waals surface area contributed by atoms with Gasteiger partial charge in [0.2, 0.25) is 11.7 Å². The largest absolute Gasteiger partial charge is 0.459 e. The molecular formula is C52H85N7O12. The number of aryl methyl sites for hydroxylation is 3. The zero-order valence-electron chi connectivity index (χ0n) is 44.6. The van der Waals surface area contributed by atoms with Gasteiger partial charge >= 0.3 is 5.97 Å². The number of carbonyl (C=O) groups is 1. The van der Waals surface area contributed by atoms with E-state index in [0.717, 1.165) is 23.2 Å². The van der Waals surface area contributed by atoms with E-state index in [1.807, 2.05) is 88.8 Å². The lowest BCUT2D eigenvalue weighted by molar-refractivity contribution is -0.302. The molecule has 5 N–H and O–H groups in total. The highest BCUT2D eigenvalue weighted by Gasteiger charge is 2.55. The fourth-order valence-corrected chi connectivity index (χ4v) is 11.7. The van der Waals surface area contributed by atoms with Crippen LogP contribution in [0.1, 0.15) is 112 Å². The molecule has 3 aromatic rings. The number of aromatic nitrogens is 5. The minimum atomic E-state index is -1.81. The third-order valence-electron chi connectivity index (χ3n) is 16.1. The van der Waals surface area contributed by atoms with Crippen LogP contribution in [0, 0.1) is 30.6 Å². The number of aliphatic hydroxyl groups is 5. The average molecular weight is 1000 g/mol. The Morgan fingerprint density at radius 1 is 0.958 bits per heavy atom. The van der Waals surface area contributed by atoms with Gasteiger partial charge in [0.15, 0.2) is 6.29 Å². The summed E-state index contributed by atoms with van der Waals surface area (Å²) in [5.41, 5.74) is -1.61. The molecule has 19 nitrogen and oxygen atoms in total. The minimum Gasteiger partial charge on any atom is -0.459 e. The van der Waals surface area contributed by atoms with Crippen LogP contribution in [0.25, 0.3) is 11.4 Å². The minimum absolute atomic E-state index is 0.167. The average Bonchev–Trinajstić information content (AvgIpc) is 3.98. The van der Waals surface area contributed by atoms with Crippen molar-refractivity contribution >= 4 is 5.97 Å². The Labute approximate surface area is 420 Å². The quantitative estimate of drug-likeness (QED) is 0.152. The number of esters is 1. The smallest absolute Gasteiger partial charge is 0.309 e. The van der Waals surface area contributed by atoms with Crippen molar-refractivity contribution in [2.75, 3.05) is 34.3 Å². The van der Waals surface area contributed by atoms with Gasteiger partial charge in [-0.25, -0.2) is 0 Å².